The molecule has 0 saturated heterocycles. The number of fused-ring (bicyclic) bond motifs is 12. The lowest BCUT2D eigenvalue weighted by molar-refractivity contribution is 0.633. The molecule has 4 heteroatoms. The Kier molecular flexibility index (Phi) is 2.37. The summed E-state index contributed by atoms with van der Waals surface area (Å²) in [5, 5.41) is 6.38. The maximum absolute atomic E-state index is 6.64. The van der Waals surface area contributed by atoms with E-state index in [4.69, 9.17) is 14.7 Å². The second-order valence-electron chi connectivity index (χ2n) is 7.22. The molecule has 0 unspecified atom stereocenters. The summed E-state index contributed by atoms with van der Waals surface area (Å²) >= 11 is 0. The van der Waals surface area contributed by atoms with E-state index in [2.05, 4.69) is 24.3 Å². The molecule has 7 aromatic rings. The smallest absolute Gasteiger partial charge is 0.180 e. The zero-order chi connectivity index (χ0) is 18.4. The van der Waals surface area contributed by atoms with Gasteiger partial charge in [0.2, 0.25) is 0 Å². The van der Waals surface area contributed by atoms with Gasteiger partial charge < -0.3 is 14.7 Å². The van der Waals surface area contributed by atoms with Crippen LogP contribution in [0.2, 0.25) is 0 Å². The normalized spacial score (nSPS) is 12.4. The minimum absolute atomic E-state index is 0.745. The molecule has 0 bridgehead atoms. The zero-order valence-corrected chi connectivity index (χ0v) is 14.8. The fraction of sp³-hybridized carbons (Fsp3) is 0. The van der Waals surface area contributed by atoms with Crippen LogP contribution in [0.5, 0.6) is 0 Å². The van der Waals surface area contributed by atoms with Crippen LogP contribution >= 0.6 is 0 Å². The standard InChI is InChI=1S/C24H14N2O2/c25-26-16-10-4-1-7-13(16)19-20-14-8-2-5-11-17(14)27-23(20)24-21(22(19)26)15-9-3-6-12-18(15)28-24/h1-12H,25H2. The average molecular weight is 362 g/mol. The Morgan fingerprint density at radius 3 is 1.82 bits per heavy atom. The van der Waals surface area contributed by atoms with Crippen molar-refractivity contribution >= 4 is 65.7 Å². The summed E-state index contributed by atoms with van der Waals surface area (Å²) < 4.78 is 14.4. The van der Waals surface area contributed by atoms with Crippen molar-refractivity contribution in [1.29, 1.82) is 0 Å². The van der Waals surface area contributed by atoms with Crippen LogP contribution in [0.1, 0.15) is 0 Å². The van der Waals surface area contributed by atoms with Gasteiger partial charge in [-0.25, -0.2) is 0 Å². The summed E-state index contributed by atoms with van der Waals surface area (Å²) in [6.45, 7) is 0. The minimum atomic E-state index is 0.745. The van der Waals surface area contributed by atoms with Gasteiger partial charge in [-0.2, -0.15) is 0 Å². The number of nitrogens with zero attached hydrogens (tertiary/aromatic N) is 1. The van der Waals surface area contributed by atoms with Gasteiger partial charge in [-0.05, 0) is 18.2 Å². The zero-order valence-electron chi connectivity index (χ0n) is 14.8. The third-order valence-corrected chi connectivity index (χ3v) is 5.79. The van der Waals surface area contributed by atoms with Gasteiger partial charge >= 0.3 is 0 Å². The van der Waals surface area contributed by atoms with Crippen molar-refractivity contribution in [3.05, 3.63) is 72.8 Å². The monoisotopic (exact) mass is 362 g/mol. The molecule has 4 aromatic carbocycles. The summed E-state index contributed by atoms with van der Waals surface area (Å²) in [5.41, 5.74) is 5.16. The first kappa shape index (κ1) is 14.2. The van der Waals surface area contributed by atoms with Crippen molar-refractivity contribution in [2.75, 3.05) is 5.84 Å². The summed E-state index contributed by atoms with van der Waals surface area (Å²) in [7, 11) is 0. The van der Waals surface area contributed by atoms with E-state index in [1.165, 1.54) is 0 Å². The topological polar surface area (TPSA) is 57.2 Å². The summed E-state index contributed by atoms with van der Waals surface area (Å²) in [6.07, 6.45) is 0. The molecule has 2 N–H and O–H groups in total. The lowest BCUT2D eigenvalue weighted by Gasteiger charge is -2.01. The van der Waals surface area contributed by atoms with Crippen molar-refractivity contribution in [1.82, 2.24) is 4.68 Å². The minimum Gasteiger partial charge on any atom is -0.452 e. The van der Waals surface area contributed by atoms with Gasteiger partial charge in [0.05, 0.1) is 16.4 Å². The highest BCUT2D eigenvalue weighted by molar-refractivity contribution is 6.38. The van der Waals surface area contributed by atoms with Crippen LogP contribution in [0.25, 0.3) is 65.7 Å². The Balaban J connectivity index is 1.98. The first-order valence-electron chi connectivity index (χ1n) is 9.25. The molecule has 0 aliphatic carbocycles. The molecule has 0 amide bonds. The van der Waals surface area contributed by atoms with Gasteiger partial charge in [-0.15, -0.1) is 0 Å². The number of rotatable bonds is 0. The predicted octanol–water partition coefficient (Wildman–Crippen LogP) is 6.31. The summed E-state index contributed by atoms with van der Waals surface area (Å²) in [5.74, 6) is 6.64. The molecule has 0 fully saturated rings. The third-order valence-electron chi connectivity index (χ3n) is 5.79. The Morgan fingerprint density at radius 2 is 1.11 bits per heavy atom. The molecular weight excluding hydrogens is 348 g/mol. The van der Waals surface area contributed by atoms with Crippen LogP contribution in [-0.2, 0) is 0 Å². The molecule has 3 aromatic heterocycles. The van der Waals surface area contributed by atoms with Crippen molar-refractivity contribution < 1.29 is 8.83 Å². The quantitative estimate of drug-likeness (QED) is 0.322. The van der Waals surface area contributed by atoms with Gasteiger partial charge in [0.25, 0.3) is 0 Å². The van der Waals surface area contributed by atoms with E-state index in [9.17, 15) is 0 Å². The van der Waals surface area contributed by atoms with E-state index in [-0.39, 0.29) is 0 Å². The number of benzene rings is 4. The Labute approximate surface area is 158 Å². The highest BCUT2D eigenvalue weighted by Gasteiger charge is 2.24. The number of para-hydroxylation sites is 3. The number of furan rings is 2. The fourth-order valence-electron chi connectivity index (χ4n) is 4.66. The van der Waals surface area contributed by atoms with Crippen LogP contribution in [0.15, 0.2) is 81.6 Å². The molecule has 0 radical (unpaired) electrons. The van der Waals surface area contributed by atoms with E-state index in [1.54, 1.807) is 4.68 Å². The number of nitrogens with two attached hydrogens (primary N) is 1. The van der Waals surface area contributed by atoms with Gasteiger partial charge in [0.1, 0.15) is 11.2 Å². The van der Waals surface area contributed by atoms with E-state index in [0.717, 1.165) is 65.7 Å². The molecule has 7 rings (SSSR count). The van der Waals surface area contributed by atoms with Gasteiger partial charge in [-0.1, -0.05) is 54.6 Å². The maximum atomic E-state index is 6.64. The maximum Gasteiger partial charge on any atom is 0.180 e. The van der Waals surface area contributed by atoms with Crippen LogP contribution in [0.4, 0.5) is 0 Å². The van der Waals surface area contributed by atoms with Crippen LogP contribution in [0, 0.1) is 0 Å². The fourth-order valence-corrected chi connectivity index (χ4v) is 4.66. The van der Waals surface area contributed by atoms with Crippen LogP contribution in [-0.4, -0.2) is 4.68 Å². The SMILES string of the molecule is Nn1c2ccccc2c2c3c4ccccc4oc3c3oc4ccccc4c3c21. The summed E-state index contributed by atoms with van der Waals surface area (Å²) in [6, 6.07) is 24.4. The third kappa shape index (κ3) is 1.49. The highest BCUT2D eigenvalue weighted by Crippen LogP contribution is 2.47. The van der Waals surface area contributed by atoms with Crippen LogP contribution < -0.4 is 5.84 Å². The van der Waals surface area contributed by atoms with E-state index in [1.807, 2.05) is 48.5 Å². The Morgan fingerprint density at radius 1 is 0.571 bits per heavy atom. The largest absolute Gasteiger partial charge is 0.452 e. The molecule has 132 valence electrons. The van der Waals surface area contributed by atoms with Crippen molar-refractivity contribution in [2.24, 2.45) is 0 Å². The Hall–Kier alpha value is -3.92. The molecule has 28 heavy (non-hydrogen) atoms. The van der Waals surface area contributed by atoms with Crippen molar-refractivity contribution in [3.8, 4) is 0 Å². The lowest BCUT2D eigenvalue weighted by atomic mass is 10.0. The van der Waals surface area contributed by atoms with E-state index < -0.39 is 0 Å². The Bertz CT molecular complexity index is 1730. The van der Waals surface area contributed by atoms with Crippen LogP contribution in [0.3, 0.4) is 0 Å². The molecule has 4 nitrogen and oxygen atoms in total. The van der Waals surface area contributed by atoms with Crippen molar-refractivity contribution in [2.45, 2.75) is 0 Å². The van der Waals surface area contributed by atoms with Crippen molar-refractivity contribution in [3.63, 3.8) is 0 Å². The van der Waals surface area contributed by atoms with Gasteiger partial charge in [-0.3, -0.25) is 4.68 Å². The molecular formula is C24H14N2O2. The molecule has 0 atom stereocenters. The number of hydrogen-bond acceptors (Lipinski definition) is 3. The number of hydrogen-bond donors (Lipinski definition) is 1. The molecule has 0 spiro atoms. The lowest BCUT2D eigenvalue weighted by Crippen LogP contribution is -2.06. The van der Waals surface area contributed by atoms with Gasteiger partial charge in [0, 0.05) is 26.9 Å². The average Bonchev–Trinajstić information content (AvgIpc) is 3.38. The number of nitrogen functional groups attached to an aromatic ring is 1. The second kappa shape index (κ2) is 4.67. The second-order valence-corrected chi connectivity index (χ2v) is 7.22. The molecule has 0 aliphatic rings. The molecule has 0 saturated carbocycles. The highest BCUT2D eigenvalue weighted by atomic mass is 16.4. The first-order valence-corrected chi connectivity index (χ1v) is 9.25. The predicted molar refractivity (Wildman–Crippen MR) is 114 cm³/mol. The van der Waals surface area contributed by atoms with E-state index in [0.29, 0.717) is 0 Å². The molecule has 0 aliphatic heterocycles. The number of aromatic nitrogens is 1. The van der Waals surface area contributed by atoms with E-state index >= 15 is 0 Å². The molecule has 3 heterocycles. The van der Waals surface area contributed by atoms with Gasteiger partial charge in [0.15, 0.2) is 11.2 Å². The first-order chi connectivity index (χ1) is 13.8. The summed E-state index contributed by atoms with van der Waals surface area (Å²) in [4.78, 5) is 0.